The van der Waals surface area contributed by atoms with E-state index in [2.05, 4.69) is 20.8 Å². The third-order valence-corrected chi connectivity index (χ3v) is 1.83. The highest BCUT2D eigenvalue weighted by Gasteiger charge is 2.21. The van der Waals surface area contributed by atoms with E-state index in [1.54, 1.807) is 18.3 Å². The number of carbonyl (C=O) groups is 2. The van der Waals surface area contributed by atoms with E-state index in [9.17, 15) is 9.59 Å². The molecule has 15 heavy (non-hydrogen) atoms. The fraction of sp³-hybridized carbons (Fsp3) is 0.111. The number of aromatic nitrogens is 1. The average Bonchev–Trinajstić information content (AvgIpc) is 2.66. The maximum atomic E-state index is 11.5. The first-order valence-electron chi connectivity index (χ1n) is 4.32. The van der Waals surface area contributed by atoms with Crippen molar-refractivity contribution in [2.45, 2.75) is 6.42 Å². The standard InChI is InChI=1S/C9H8N4O2/c14-8-4-7(12-13-8)9(15)11-6-2-1-3-10-5-6/h1-3,5H,4H2,(H,11,15)(H,13,14). The monoisotopic (exact) mass is 204 g/mol. The van der Waals surface area contributed by atoms with Crippen molar-refractivity contribution >= 4 is 23.2 Å². The summed E-state index contributed by atoms with van der Waals surface area (Å²) < 4.78 is 0. The molecule has 0 spiro atoms. The van der Waals surface area contributed by atoms with Crippen molar-refractivity contribution in [1.29, 1.82) is 0 Å². The number of amides is 2. The Bertz CT molecular complexity index is 427. The minimum atomic E-state index is -0.388. The molecule has 1 aliphatic rings. The van der Waals surface area contributed by atoms with Gasteiger partial charge in [-0.3, -0.25) is 14.6 Å². The van der Waals surface area contributed by atoms with Gasteiger partial charge in [-0.25, -0.2) is 5.43 Å². The van der Waals surface area contributed by atoms with Gasteiger partial charge in [0.1, 0.15) is 5.71 Å². The Kier molecular flexibility index (Phi) is 2.40. The maximum absolute atomic E-state index is 11.5. The highest BCUT2D eigenvalue weighted by molar-refractivity contribution is 6.46. The Morgan fingerprint density at radius 3 is 3.00 bits per heavy atom. The van der Waals surface area contributed by atoms with Crippen LogP contribution in [0.4, 0.5) is 5.69 Å². The van der Waals surface area contributed by atoms with Gasteiger partial charge in [-0.05, 0) is 12.1 Å². The number of hydrogen-bond donors (Lipinski definition) is 2. The van der Waals surface area contributed by atoms with E-state index in [1.807, 2.05) is 0 Å². The summed E-state index contributed by atoms with van der Waals surface area (Å²) in [4.78, 5) is 26.1. The highest BCUT2D eigenvalue weighted by Crippen LogP contribution is 2.04. The van der Waals surface area contributed by atoms with Crippen LogP contribution < -0.4 is 10.7 Å². The van der Waals surface area contributed by atoms with Crippen LogP contribution in [-0.2, 0) is 9.59 Å². The van der Waals surface area contributed by atoms with Crippen LogP contribution in [0.15, 0.2) is 29.6 Å². The lowest BCUT2D eigenvalue weighted by Crippen LogP contribution is -2.22. The number of nitrogens with zero attached hydrogens (tertiary/aromatic N) is 2. The number of anilines is 1. The third kappa shape index (κ3) is 2.16. The smallest absolute Gasteiger partial charge is 0.272 e. The second-order valence-electron chi connectivity index (χ2n) is 2.97. The Labute approximate surface area is 85.4 Å². The van der Waals surface area contributed by atoms with E-state index >= 15 is 0 Å². The summed E-state index contributed by atoms with van der Waals surface area (Å²) in [5.74, 6) is -0.660. The van der Waals surface area contributed by atoms with Gasteiger partial charge >= 0.3 is 0 Å². The molecule has 0 atom stereocenters. The SMILES string of the molecule is O=C1CC(C(=O)Nc2cccnc2)=NN1. The van der Waals surface area contributed by atoms with Crippen LogP contribution in [0.3, 0.4) is 0 Å². The van der Waals surface area contributed by atoms with Crippen LogP contribution in [0.5, 0.6) is 0 Å². The van der Waals surface area contributed by atoms with Crippen molar-refractivity contribution in [2.24, 2.45) is 5.10 Å². The molecule has 1 aliphatic heterocycles. The van der Waals surface area contributed by atoms with Crippen molar-refractivity contribution in [2.75, 3.05) is 5.32 Å². The molecular formula is C9H8N4O2. The molecule has 1 aromatic rings. The number of rotatable bonds is 2. The van der Waals surface area contributed by atoms with E-state index in [0.717, 1.165) is 0 Å². The molecule has 0 fully saturated rings. The number of nitrogens with one attached hydrogen (secondary N) is 2. The molecule has 2 N–H and O–H groups in total. The summed E-state index contributed by atoms with van der Waals surface area (Å²) in [6.45, 7) is 0. The number of hydrogen-bond acceptors (Lipinski definition) is 4. The Morgan fingerprint density at radius 1 is 1.53 bits per heavy atom. The normalized spacial score (nSPS) is 14.4. The van der Waals surface area contributed by atoms with Crippen LogP contribution in [-0.4, -0.2) is 22.5 Å². The fourth-order valence-electron chi connectivity index (χ4n) is 1.13. The second-order valence-corrected chi connectivity index (χ2v) is 2.97. The lowest BCUT2D eigenvalue weighted by atomic mass is 10.2. The Morgan fingerprint density at radius 2 is 2.40 bits per heavy atom. The summed E-state index contributed by atoms with van der Waals surface area (Å²) >= 11 is 0. The molecule has 0 saturated carbocycles. The zero-order valence-corrected chi connectivity index (χ0v) is 7.73. The lowest BCUT2D eigenvalue weighted by molar-refractivity contribution is -0.119. The van der Waals surface area contributed by atoms with Crippen LogP contribution in [0.2, 0.25) is 0 Å². The van der Waals surface area contributed by atoms with Gasteiger partial charge in [-0.1, -0.05) is 0 Å². The number of carbonyl (C=O) groups excluding carboxylic acids is 2. The predicted molar refractivity (Wildman–Crippen MR) is 53.1 cm³/mol. The fourth-order valence-corrected chi connectivity index (χ4v) is 1.13. The van der Waals surface area contributed by atoms with E-state index in [1.165, 1.54) is 6.20 Å². The molecule has 0 aliphatic carbocycles. The summed E-state index contributed by atoms with van der Waals surface area (Å²) in [5, 5.41) is 6.18. The van der Waals surface area contributed by atoms with Crippen LogP contribution >= 0.6 is 0 Å². The van der Waals surface area contributed by atoms with E-state index in [0.29, 0.717) is 5.69 Å². The molecule has 2 amide bonds. The molecule has 2 rings (SSSR count). The lowest BCUT2D eigenvalue weighted by Gasteiger charge is -2.01. The summed E-state index contributed by atoms with van der Waals surface area (Å²) in [6, 6.07) is 3.41. The first-order chi connectivity index (χ1) is 7.25. The molecule has 1 aromatic heterocycles. The van der Waals surface area contributed by atoms with Gasteiger partial charge in [-0.15, -0.1) is 0 Å². The molecule has 2 heterocycles. The second kappa shape index (κ2) is 3.87. The first kappa shape index (κ1) is 9.32. The number of pyridine rings is 1. The highest BCUT2D eigenvalue weighted by atomic mass is 16.2. The minimum absolute atomic E-state index is 0.0199. The van der Waals surface area contributed by atoms with Crippen LogP contribution in [0.25, 0.3) is 0 Å². The van der Waals surface area contributed by atoms with Gasteiger partial charge in [0.2, 0.25) is 5.91 Å². The molecular weight excluding hydrogens is 196 g/mol. The van der Waals surface area contributed by atoms with Gasteiger partial charge in [0, 0.05) is 6.20 Å². The zero-order valence-electron chi connectivity index (χ0n) is 7.73. The third-order valence-electron chi connectivity index (χ3n) is 1.83. The molecule has 0 unspecified atom stereocenters. The minimum Gasteiger partial charge on any atom is -0.319 e. The summed E-state index contributed by atoms with van der Waals surface area (Å²) in [5.41, 5.74) is 2.97. The average molecular weight is 204 g/mol. The van der Waals surface area contributed by atoms with Crippen molar-refractivity contribution in [3.8, 4) is 0 Å². The molecule has 0 radical (unpaired) electrons. The first-order valence-corrected chi connectivity index (χ1v) is 4.32. The van der Waals surface area contributed by atoms with Gasteiger partial charge in [0.25, 0.3) is 5.91 Å². The summed E-state index contributed by atoms with van der Waals surface area (Å²) in [6.07, 6.45) is 3.14. The quantitative estimate of drug-likeness (QED) is 0.705. The van der Waals surface area contributed by atoms with E-state index in [-0.39, 0.29) is 23.9 Å². The Hall–Kier alpha value is -2.24. The molecule has 76 valence electrons. The molecule has 6 nitrogen and oxygen atoms in total. The van der Waals surface area contributed by atoms with Crippen LogP contribution in [0, 0.1) is 0 Å². The van der Waals surface area contributed by atoms with Crippen LogP contribution in [0.1, 0.15) is 6.42 Å². The molecule has 0 bridgehead atoms. The van der Waals surface area contributed by atoms with Gasteiger partial charge in [0.15, 0.2) is 0 Å². The van der Waals surface area contributed by atoms with E-state index < -0.39 is 0 Å². The van der Waals surface area contributed by atoms with Gasteiger partial charge in [-0.2, -0.15) is 5.10 Å². The van der Waals surface area contributed by atoms with Crippen molar-refractivity contribution in [3.05, 3.63) is 24.5 Å². The molecule has 0 saturated heterocycles. The van der Waals surface area contributed by atoms with Gasteiger partial charge in [0.05, 0.1) is 18.3 Å². The Balaban J connectivity index is 2.02. The topological polar surface area (TPSA) is 83.5 Å². The van der Waals surface area contributed by atoms with Gasteiger partial charge < -0.3 is 5.32 Å². The maximum Gasteiger partial charge on any atom is 0.272 e. The van der Waals surface area contributed by atoms with E-state index in [4.69, 9.17) is 0 Å². The number of hydrazone groups is 1. The van der Waals surface area contributed by atoms with Crippen molar-refractivity contribution in [3.63, 3.8) is 0 Å². The van der Waals surface area contributed by atoms with Crippen molar-refractivity contribution < 1.29 is 9.59 Å². The summed E-state index contributed by atoms with van der Waals surface area (Å²) in [7, 11) is 0. The zero-order chi connectivity index (χ0) is 10.7. The largest absolute Gasteiger partial charge is 0.319 e. The predicted octanol–water partition coefficient (Wildman–Crippen LogP) is -0.104. The molecule has 0 aromatic carbocycles. The molecule has 6 heteroatoms. The van der Waals surface area contributed by atoms with Crippen molar-refractivity contribution in [1.82, 2.24) is 10.4 Å².